The van der Waals surface area contributed by atoms with Crippen LogP contribution in [0.3, 0.4) is 0 Å². The summed E-state index contributed by atoms with van der Waals surface area (Å²) in [5.41, 5.74) is 4.60. The van der Waals surface area contributed by atoms with Crippen molar-refractivity contribution in [2.45, 2.75) is 6.42 Å². The fourth-order valence-electron chi connectivity index (χ4n) is 0.393. The van der Waals surface area contributed by atoms with Crippen LogP contribution in [0.5, 0.6) is 0 Å². The molecule has 1 aliphatic rings. The zero-order valence-electron chi connectivity index (χ0n) is 5.42. The second kappa shape index (κ2) is 11.3. The molecule has 0 saturated carbocycles. The summed E-state index contributed by atoms with van der Waals surface area (Å²) in [6.07, 6.45) is 3.45. The van der Waals surface area contributed by atoms with E-state index in [0.717, 1.165) is 7.11 Å². The van der Waals surface area contributed by atoms with Gasteiger partial charge in [-0.05, 0) is 6.42 Å². The zero-order valence-corrected chi connectivity index (χ0v) is 9.70. The van der Waals surface area contributed by atoms with Crippen LogP contribution < -0.4 is 56.5 Å². The largest absolute Gasteiger partial charge is 1.00 e. The van der Waals surface area contributed by atoms with Gasteiger partial charge in [0.05, 0.1) is 0 Å². The molecule has 0 N–H and O–H groups in total. The summed E-state index contributed by atoms with van der Waals surface area (Å²) in [6, 6.07) is 0. The molecule has 0 atom stereocenters. The van der Waals surface area contributed by atoms with Crippen LogP contribution in [-0.4, -0.2) is 21.9 Å². The molecular formula is C5H9KOSi. The van der Waals surface area contributed by atoms with E-state index in [4.69, 9.17) is 5.11 Å². The van der Waals surface area contributed by atoms with Gasteiger partial charge in [-0.2, -0.15) is 7.11 Å². The van der Waals surface area contributed by atoms with E-state index in [0.29, 0.717) is 9.13 Å². The molecule has 0 unspecified atom stereocenters. The molecule has 0 amide bonds. The summed E-state index contributed by atoms with van der Waals surface area (Å²) in [5.74, 6) is 0. The number of hydrogen-bond donors (Lipinski definition) is 0. The predicted molar refractivity (Wildman–Crippen MR) is 32.9 cm³/mol. The molecule has 0 fully saturated rings. The van der Waals surface area contributed by atoms with Crippen molar-refractivity contribution in [2.75, 3.05) is 7.11 Å². The van der Waals surface area contributed by atoms with Crippen LogP contribution in [0.25, 0.3) is 0 Å². The summed E-state index contributed by atoms with van der Waals surface area (Å²) in [6.45, 7) is 0. The molecule has 1 heterocycles. The summed E-state index contributed by atoms with van der Waals surface area (Å²) >= 11 is 0. The third-order valence-corrected chi connectivity index (χ3v) is 1.69. The Balaban J connectivity index is 0. The van der Waals surface area contributed by atoms with E-state index in [1.165, 1.54) is 6.42 Å². The first-order chi connectivity index (χ1) is 3.50. The molecule has 0 aromatic heterocycles. The Kier molecular flexibility index (Phi) is 17.1. The number of hydrogen-bond acceptors (Lipinski definition) is 1. The molecule has 40 valence electrons. The number of allylic oxidation sites excluding steroid dienone is 1. The van der Waals surface area contributed by atoms with Crippen molar-refractivity contribution < 1.29 is 56.5 Å². The first-order valence-electron chi connectivity index (χ1n) is 2.22. The average molecular weight is 152 g/mol. The Morgan fingerprint density at radius 3 is 2.25 bits per heavy atom. The average Bonchev–Trinajstić information content (AvgIpc) is 2.23. The van der Waals surface area contributed by atoms with E-state index in [9.17, 15) is 0 Å². The molecule has 0 spiro atoms. The normalized spacial score (nSPS) is 11.8. The van der Waals surface area contributed by atoms with E-state index in [1.807, 2.05) is 0 Å². The Morgan fingerprint density at radius 2 is 2.12 bits per heavy atom. The molecule has 0 aliphatic carbocycles. The monoisotopic (exact) mass is 152 g/mol. The standard InChI is InChI=1S/C4H6Si.CH3O.K/c1-2-4-5-3-1;1-2;/h1,3-5H,2H2;1H3;/q;-1;+1. The van der Waals surface area contributed by atoms with Crippen LogP contribution in [0.2, 0.25) is 0 Å². The smallest absolute Gasteiger partial charge is 0.857 e. The first kappa shape index (κ1) is 12.1. The number of rotatable bonds is 0. The van der Waals surface area contributed by atoms with Crippen LogP contribution in [0, 0.1) is 0 Å². The van der Waals surface area contributed by atoms with Gasteiger partial charge in [-0.3, -0.25) is 0 Å². The van der Waals surface area contributed by atoms with Gasteiger partial charge in [-0.1, -0.05) is 17.4 Å². The first-order valence-corrected chi connectivity index (χ1v) is 3.56. The van der Waals surface area contributed by atoms with Crippen molar-refractivity contribution in [3.63, 3.8) is 0 Å². The van der Waals surface area contributed by atoms with Crippen molar-refractivity contribution in [3.05, 3.63) is 11.8 Å². The van der Waals surface area contributed by atoms with E-state index in [1.54, 1.807) is 0 Å². The zero-order chi connectivity index (χ0) is 5.54. The molecule has 0 radical (unpaired) electrons. The SMILES string of the molecule is C1=C[SiH]=CC1.C[O-].[K+]. The van der Waals surface area contributed by atoms with Crippen LogP contribution in [0.1, 0.15) is 6.42 Å². The van der Waals surface area contributed by atoms with E-state index in [2.05, 4.69) is 17.4 Å². The third-order valence-electron chi connectivity index (χ3n) is 0.655. The van der Waals surface area contributed by atoms with Gasteiger partial charge in [0.2, 0.25) is 0 Å². The molecule has 0 saturated heterocycles. The Morgan fingerprint density at radius 1 is 1.50 bits per heavy atom. The molecule has 0 bridgehead atoms. The van der Waals surface area contributed by atoms with Gasteiger partial charge in [0, 0.05) is 9.13 Å². The van der Waals surface area contributed by atoms with Gasteiger partial charge < -0.3 is 5.11 Å². The summed E-state index contributed by atoms with van der Waals surface area (Å²) in [7, 11) is 1.37. The summed E-state index contributed by atoms with van der Waals surface area (Å²) in [4.78, 5) is 0. The molecule has 1 nitrogen and oxygen atoms in total. The van der Waals surface area contributed by atoms with Gasteiger partial charge in [0.1, 0.15) is 0 Å². The minimum absolute atomic E-state index is 0. The van der Waals surface area contributed by atoms with E-state index in [-0.39, 0.29) is 51.4 Å². The van der Waals surface area contributed by atoms with Crippen molar-refractivity contribution in [1.82, 2.24) is 0 Å². The van der Waals surface area contributed by atoms with Gasteiger partial charge in [-0.15, -0.1) is 0 Å². The maximum absolute atomic E-state index is 8.25. The molecule has 1 rings (SSSR count). The quantitative estimate of drug-likeness (QED) is 0.326. The topological polar surface area (TPSA) is 23.1 Å². The Labute approximate surface area is 95.0 Å². The van der Waals surface area contributed by atoms with Crippen LogP contribution >= 0.6 is 0 Å². The van der Waals surface area contributed by atoms with Gasteiger partial charge >= 0.3 is 51.4 Å². The van der Waals surface area contributed by atoms with Crippen molar-refractivity contribution in [1.29, 1.82) is 0 Å². The molecule has 8 heavy (non-hydrogen) atoms. The maximum Gasteiger partial charge on any atom is 1.00 e. The Hall–Kier alpha value is 1.42. The molecule has 1 aliphatic heterocycles. The minimum Gasteiger partial charge on any atom is -0.857 e. The maximum atomic E-state index is 8.25. The van der Waals surface area contributed by atoms with E-state index >= 15 is 0 Å². The van der Waals surface area contributed by atoms with Gasteiger partial charge in [0.15, 0.2) is 0 Å². The van der Waals surface area contributed by atoms with Gasteiger partial charge in [-0.25, -0.2) is 0 Å². The molecule has 0 aromatic carbocycles. The van der Waals surface area contributed by atoms with Crippen LogP contribution in [0.15, 0.2) is 11.8 Å². The van der Waals surface area contributed by atoms with Crippen molar-refractivity contribution in [3.8, 4) is 0 Å². The van der Waals surface area contributed by atoms with Gasteiger partial charge in [0.25, 0.3) is 0 Å². The summed E-state index contributed by atoms with van der Waals surface area (Å²) < 4.78 is 0. The fraction of sp³-hybridized carbons (Fsp3) is 0.400. The minimum atomic E-state index is 0. The van der Waals surface area contributed by atoms with Crippen molar-refractivity contribution in [2.24, 2.45) is 0 Å². The fourth-order valence-corrected chi connectivity index (χ4v) is 1.18. The third kappa shape index (κ3) is 7.42. The molecular weight excluding hydrogens is 143 g/mol. The second-order valence-electron chi connectivity index (χ2n) is 1.09. The predicted octanol–water partition coefficient (Wildman–Crippen LogP) is -3.88. The van der Waals surface area contributed by atoms with Crippen LogP contribution in [-0.2, 0) is 0 Å². The summed E-state index contributed by atoms with van der Waals surface area (Å²) in [5, 5.41) is 8.25. The molecule has 3 heteroatoms. The second-order valence-corrected chi connectivity index (χ2v) is 2.33. The van der Waals surface area contributed by atoms with E-state index < -0.39 is 0 Å². The Bertz CT molecular complexity index is 70.5. The van der Waals surface area contributed by atoms with Crippen molar-refractivity contribution >= 4 is 14.8 Å². The molecule has 0 aromatic rings. The van der Waals surface area contributed by atoms with Crippen LogP contribution in [0.4, 0.5) is 0 Å².